The van der Waals surface area contributed by atoms with Gasteiger partial charge in [-0.1, -0.05) is 51.4 Å². The molecular formula is C25H23ClF3N3O2S2. The van der Waals surface area contributed by atoms with E-state index >= 15 is 0 Å². The lowest BCUT2D eigenvalue weighted by molar-refractivity contribution is -0.137. The molecule has 0 aliphatic rings. The summed E-state index contributed by atoms with van der Waals surface area (Å²) in [5, 5.41) is 14.5. The number of alkyl halides is 3. The van der Waals surface area contributed by atoms with E-state index in [-0.39, 0.29) is 22.9 Å². The topological polar surface area (TPSA) is 75.1 Å². The molecule has 190 valence electrons. The number of nitrogens with one attached hydrogen (secondary N) is 1. The van der Waals surface area contributed by atoms with Crippen LogP contribution in [0, 0.1) is 0 Å². The van der Waals surface area contributed by atoms with Crippen molar-refractivity contribution in [2.24, 2.45) is 0 Å². The van der Waals surface area contributed by atoms with Crippen LogP contribution >= 0.6 is 34.3 Å². The summed E-state index contributed by atoms with van der Waals surface area (Å²) >= 11 is 8.46. The van der Waals surface area contributed by atoms with Gasteiger partial charge in [-0.15, -0.1) is 22.7 Å². The number of carbonyl (C=O) groups is 1. The van der Waals surface area contributed by atoms with Crippen molar-refractivity contribution in [2.45, 2.75) is 39.8 Å². The van der Waals surface area contributed by atoms with E-state index in [0.717, 1.165) is 15.8 Å². The SMILES string of the molecule is CC.CC(C)c1sc(Nc2ncc(-c3cccs3)cc2C(=O)O)nc1-c1ccc(Cl)c(C(F)(F)F)c1. The third kappa shape index (κ3) is 6.05. The number of thiazole rings is 1. The number of pyridine rings is 1. The molecule has 0 atom stereocenters. The molecule has 3 aromatic heterocycles. The summed E-state index contributed by atoms with van der Waals surface area (Å²) in [4.78, 5) is 22.3. The minimum absolute atomic E-state index is 0.0406. The summed E-state index contributed by atoms with van der Waals surface area (Å²) in [6.07, 6.45) is -3.04. The fraction of sp³-hybridized carbons (Fsp3) is 0.240. The third-order valence-electron chi connectivity index (χ3n) is 4.87. The number of carboxylic acids is 1. The highest BCUT2D eigenvalue weighted by molar-refractivity contribution is 7.16. The molecule has 0 saturated heterocycles. The van der Waals surface area contributed by atoms with Crippen molar-refractivity contribution in [1.29, 1.82) is 0 Å². The van der Waals surface area contributed by atoms with E-state index in [0.29, 0.717) is 16.4 Å². The average Bonchev–Trinajstić information content (AvgIpc) is 3.51. The van der Waals surface area contributed by atoms with Crippen molar-refractivity contribution in [3.63, 3.8) is 0 Å². The van der Waals surface area contributed by atoms with Gasteiger partial charge in [0.25, 0.3) is 0 Å². The van der Waals surface area contributed by atoms with Crippen molar-refractivity contribution >= 4 is 51.2 Å². The Kier molecular flexibility index (Phi) is 8.76. The smallest absolute Gasteiger partial charge is 0.417 e. The predicted molar refractivity (Wildman–Crippen MR) is 141 cm³/mol. The maximum absolute atomic E-state index is 13.4. The Hall–Kier alpha value is -2.95. The summed E-state index contributed by atoms with van der Waals surface area (Å²) in [6.45, 7) is 7.80. The van der Waals surface area contributed by atoms with Crippen molar-refractivity contribution in [3.05, 3.63) is 69.0 Å². The zero-order valence-corrected chi connectivity index (χ0v) is 22.2. The number of nitrogens with zero attached hydrogens (tertiary/aromatic N) is 2. The molecule has 0 aliphatic heterocycles. The number of rotatable bonds is 6. The molecule has 0 saturated carbocycles. The number of carboxylic acid groups (broad SMARTS) is 1. The van der Waals surface area contributed by atoms with Crippen LogP contribution in [0.2, 0.25) is 5.02 Å². The zero-order chi connectivity index (χ0) is 26.6. The lowest BCUT2D eigenvalue weighted by atomic mass is 10.0. The molecule has 0 spiro atoms. The molecule has 0 fully saturated rings. The fourth-order valence-electron chi connectivity index (χ4n) is 3.28. The Morgan fingerprint density at radius 2 is 1.86 bits per heavy atom. The number of aromatic carboxylic acids is 1. The molecule has 3 heterocycles. The van der Waals surface area contributed by atoms with Gasteiger partial charge in [0, 0.05) is 27.1 Å². The van der Waals surface area contributed by atoms with Crippen LogP contribution in [0.4, 0.5) is 24.1 Å². The molecule has 5 nitrogen and oxygen atoms in total. The van der Waals surface area contributed by atoms with Gasteiger partial charge in [0.15, 0.2) is 5.13 Å². The lowest BCUT2D eigenvalue weighted by Crippen LogP contribution is -2.06. The Bertz CT molecular complexity index is 1350. The lowest BCUT2D eigenvalue weighted by Gasteiger charge is -2.11. The number of hydrogen-bond donors (Lipinski definition) is 2. The van der Waals surface area contributed by atoms with Crippen LogP contribution in [-0.2, 0) is 6.18 Å². The van der Waals surface area contributed by atoms with Crippen LogP contribution in [0.15, 0.2) is 48.0 Å². The number of aromatic nitrogens is 2. The van der Waals surface area contributed by atoms with Crippen LogP contribution in [0.5, 0.6) is 0 Å². The number of thiophene rings is 1. The number of halogens is 4. The molecule has 1 aromatic carbocycles. The van der Waals surface area contributed by atoms with E-state index in [1.807, 2.05) is 45.2 Å². The first-order valence-electron chi connectivity index (χ1n) is 11.0. The summed E-state index contributed by atoms with van der Waals surface area (Å²) in [6, 6.07) is 8.91. The second-order valence-corrected chi connectivity index (χ2v) is 9.99. The second kappa shape index (κ2) is 11.4. The molecule has 36 heavy (non-hydrogen) atoms. The fourth-order valence-corrected chi connectivity index (χ4v) is 5.20. The number of anilines is 2. The summed E-state index contributed by atoms with van der Waals surface area (Å²) in [5.74, 6) is -1.11. The average molecular weight is 554 g/mol. The molecule has 2 N–H and O–H groups in total. The van der Waals surface area contributed by atoms with Crippen molar-refractivity contribution in [1.82, 2.24) is 9.97 Å². The van der Waals surface area contributed by atoms with Gasteiger partial charge in [0.05, 0.1) is 16.3 Å². The van der Waals surface area contributed by atoms with Gasteiger partial charge in [0.1, 0.15) is 11.4 Å². The summed E-state index contributed by atoms with van der Waals surface area (Å²) in [5.41, 5.74) is 0.324. The van der Waals surface area contributed by atoms with Crippen molar-refractivity contribution in [2.75, 3.05) is 5.32 Å². The van der Waals surface area contributed by atoms with E-state index in [9.17, 15) is 23.1 Å². The first-order valence-corrected chi connectivity index (χ1v) is 13.0. The van der Waals surface area contributed by atoms with Gasteiger partial charge in [-0.3, -0.25) is 0 Å². The van der Waals surface area contributed by atoms with Crippen LogP contribution in [0.25, 0.3) is 21.7 Å². The van der Waals surface area contributed by atoms with Gasteiger partial charge in [-0.25, -0.2) is 14.8 Å². The highest BCUT2D eigenvalue weighted by atomic mass is 35.5. The second-order valence-electron chi connectivity index (χ2n) is 7.61. The van der Waals surface area contributed by atoms with Crippen molar-refractivity contribution < 1.29 is 23.1 Å². The summed E-state index contributed by atoms with van der Waals surface area (Å²) in [7, 11) is 0. The highest BCUT2D eigenvalue weighted by Crippen LogP contribution is 2.41. The van der Waals surface area contributed by atoms with E-state index < -0.39 is 22.7 Å². The van der Waals surface area contributed by atoms with Crippen molar-refractivity contribution in [3.8, 4) is 21.7 Å². The van der Waals surface area contributed by atoms with E-state index in [2.05, 4.69) is 15.3 Å². The van der Waals surface area contributed by atoms with Gasteiger partial charge in [0.2, 0.25) is 0 Å². The first kappa shape index (κ1) is 27.6. The Morgan fingerprint density at radius 1 is 1.14 bits per heavy atom. The Balaban J connectivity index is 0.00000176. The predicted octanol–water partition coefficient (Wildman–Crippen LogP) is 9.20. The first-order chi connectivity index (χ1) is 17.0. The van der Waals surface area contributed by atoms with E-state index in [4.69, 9.17) is 11.6 Å². The minimum Gasteiger partial charge on any atom is -0.478 e. The highest BCUT2D eigenvalue weighted by Gasteiger charge is 2.34. The third-order valence-corrected chi connectivity index (χ3v) is 7.39. The largest absolute Gasteiger partial charge is 0.478 e. The summed E-state index contributed by atoms with van der Waals surface area (Å²) < 4.78 is 40.1. The molecule has 0 bridgehead atoms. The van der Waals surface area contributed by atoms with Crippen LogP contribution in [-0.4, -0.2) is 21.0 Å². The molecule has 4 rings (SSSR count). The van der Waals surface area contributed by atoms with Gasteiger partial charge in [-0.05, 0) is 35.6 Å². The number of hydrogen-bond acceptors (Lipinski definition) is 6. The van der Waals surface area contributed by atoms with E-state index in [1.165, 1.54) is 40.9 Å². The molecule has 0 unspecified atom stereocenters. The van der Waals surface area contributed by atoms with Gasteiger partial charge >= 0.3 is 12.1 Å². The van der Waals surface area contributed by atoms with Crippen LogP contribution in [0.3, 0.4) is 0 Å². The molecule has 0 radical (unpaired) electrons. The maximum Gasteiger partial charge on any atom is 0.417 e. The maximum atomic E-state index is 13.4. The van der Waals surface area contributed by atoms with Crippen LogP contribution < -0.4 is 5.32 Å². The normalized spacial score (nSPS) is 11.2. The van der Waals surface area contributed by atoms with Gasteiger partial charge in [-0.2, -0.15) is 13.2 Å². The Labute approximate surface area is 219 Å². The van der Waals surface area contributed by atoms with E-state index in [1.54, 1.807) is 6.20 Å². The molecule has 11 heteroatoms. The minimum atomic E-state index is -4.60. The molecule has 0 amide bonds. The van der Waals surface area contributed by atoms with Gasteiger partial charge < -0.3 is 10.4 Å². The Morgan fingerprint density at radius 3 is 2.44 bits per heavy atom. The molecular weight excluding hydrogens is 531 g/mol. The van der Waals surface area contributed by atoms with Crippen LogP contribution in [0.1, 0.15) is 54.4 Å². The quantitative estimate of drug-likeness (QED) is 0.249. The number of benzene rings is 1. The zero-order valence-electron chi connectivity index (χ0n) is 19.8. The monoisotopic (exact) mass is 553 g/mol. The standard InChI is InChI=1S/C23H17ClF3N3O2S2.C2H6/c1-11(2)19-18(12-5-6-16(24)15(9-12)23(25,26)27)29-22(34-19)30-20-14(21(31)32)8-13(10-28-20)17-4-3-7-33-17;1-2/h3-11H,1-2H3,(H,31,32)(H,28,29,30);1-2H3. The molecule has 0 aliphatic carbocycles. The molecule has 4 aromatic rings.